The third kappa shape index (κ3) is 4.36. The highest BCUT2D eigenvalue weighted by atomic mass is 127. The molecular formula is C23H24IN5O3. The summed E-state index contributed by atoms with van der Waals surface area (Å²) in [6.07, 6.45) is 5.60. The number of aryl methyl sites for hydroxylation is 1. The molecule has 0 spiro atoms. The van der Waals surface area contributed by atoms with E-state index in [9.17, 15) is 9.59 Å². The van der Waals surface area contributed by atoms with E-state index >= 15 is 0 Å². The Balaban J connectivity index is 1.15. The van der Waals surface area contributed by atoms with Gasteiger partial charge in [-0.3, -0.25) is 19.5 Å². The molecule has 0 atom stereocenters. The van der Waals surface area contributed by atoms with Crippen molar-refractivity contribution in [2.75, 3.05) is 13.1 Å². The van der Waals surface area contributed by atoms with Gasteiger partial charge in [-0.1, -0.05) is 0 Å². The molecule has 1 N–H and O–H groups in total. The van der Waals surface area contributed by atoms with Crippen LogP contribution >= 0.6 is 22.9 Å². The minimum atomic E-state index is -0.137. The van der Waals surface area contributed by atoms with Gasteiger partial charge in [0.15, 0.2) is 0 Å². The largest absolute Gasteiger partial charge is 0.486 e. The molecule has 1 saturated heterocycles. The van der Waals surface area contributed by atoms with E-state index in [1.807, 2.05) is 48.1 Å². The molecule has 2 fully saturated rings. The molecule has 0 bridgehead atoms. The Morgan fingerprint density at radius 3 is 2.72 bits per heavy atom. The molecule has 1 aliphatic heterocycles. The normalized spacial score (nSPS) is 17.7. The van der Waals surface area contributed by atoms with Gasteiger partial charge in [-0.15, -0.1) is 0 Å². The van der Waals surface area contributed by atoms with E-state index in [1.165, 1.54) is 0 Å². The lowest BCUT2D eigenvalue weighted by Gasteiger charge is -2.38. The van der Waals surface area contributed by atoms with Gasteiger partial charge in [0.2, 0.25) is 0 Å². The van der Waals surface area contributed by atoms with Crippen molar-refractivity contribution < 1.29 is 9.53 Å². The molecule has 1 amide bonds. The summed E-state index contributed by atoms with van der Waals surface area (Å²) in [4.78, 5) is 35.5. The first kappa shape index (κ1) is 21.3. The molecule has 1 aliphatic carbocycles. The van der Waals surface area contributed by atoms with Gasteiger partial charge in [-0.05, 0) is 56.5 Å². The summed E-state index contributed by atoms with van der Waals surface area (Å²) in [5, 5.41) is 3.01. The van der Waals surface area contributed by atoms with Crippen LogP contribution in [0.1, 0.15) is 41.4 Å². The van der Waals surface area contributed by atoms with Crippen molar-refractivity contribution in [2.24, 2.45) is 0 Å². The molecule has 0 aromatic carbocycles. The van der Waals surface area contributed by atoms with Gasteiger partial charge >= 0.3 is 0 Å². The number of fused-ring (bicyclic) bond motifs is 1. The molecule has 166 valence electrons. The Bertz CT molecular complexity index is 1250. The summed E-state index contributed by atoms with van der Waals surface area (Å²) in [7, 11) is 0. The number of carbonyl (C=O) groups is 1. The highest BCUT2D eigenvalue weighted by molar-refractivity contribution is 14.1. The summed E-state index contributed by atoms with van der Waals surface area (Å²) >= 11 is 2.03. The number of nitrogens with one attached hydrogen (secondary N) is 1. The summed E-state index contributed by atoms with van der Waals surface area (Å²) in [6.45, 7) is 6.18. The molecule has 3 aromatic rings. The van der Waals surface area contributed by atoms with Gasteiger partial charge < -0.3 is 10.1 Å². The molecular weight excluding hydrogens is 521 g/mol. The van der Waals surface area contributed by atoms with Crippen LogP contribution in [0.25, 0.3) is 11.0 Å². The highest BCUT2D eigenvalue weighted by Gasteiger charge is 2.39. The lowest BCUT2D eigenvalue weighted by Crippen LogP contribution is -2.53. The van der Waals surface area contributed by atoms with Crippen molar-refractivity contribution in [3.05, 3.63) is 63.8 Å². The molecule has 3 aromatic heterocycles. The first-order valence-corrected chi connectivity index (χ1v) is 11.6. The zero-order valence-corrected chi connectivity index (χ0v) is 20.1. The van der Waals surface area contributed by atoms with Crippen molar-refractivity contribution in [2.45, 2.75) is 44.9 Å². The number of rotatable bonds is 6. The van der Waals surface area contributed by atoms with Gasteiger partial charge in [0.05, 0.1) is 40.1 Å². The minimum Gasteiger partial charge on any atom is -0.486 e. The summed E-state index contributed by atoms with van der Waals surface area (Å²) < 4.78 is 7.61. The van der Waals surface area contributed by atoms with Crippen LogP contribution in [0.15, 0.2) is 41.5 Å². The molecule has 0 radical (unpaired) electrons. The zero-order valence-electron chi connectivity index (χ0n) is 18.0. The van der Waals surface area contributed by atoms with Gasteiger partial charge in [0.25, 0.3) is 11.5 Å². The molecule has 32 heavy (non-hydrogen) atoms. The SMILES string of the molecule is Cc1cc2ncc(CN3CC(Oc4ccc(C(=O)NC5(C)CC5)nc4)C3)cc2n(I)c1=O. The molecule has 8 nitrogen and oxygen atoms in total. The average molecular weight is 545 g/mol. The van der Waals surface area contributed by atoms with Crippen LogP contribution < -0.4 is 15.6 Å². The second-order valence-electron chi connectivity index (χ2n) is 8.99. The number of hydrogen-bond acceptors (Lipinski definition) is 6. The predicted molar refractivity (Wildman–Crippen MR) is 129 cm³/mol. The molecule has 9 heteroatoms. The molecule has 5 rings (SSSR count). The Morgan fingerprint density at radius 1 is 1.25 bits per heavy atom. The van der Waals surface area contributed by atoms with Crippen molar-refractivity contribution in [3.63, 3.8) is 0 Å². The van der Waals surface area contributed by atoms with Crippen LogP contribution in [0.2, 0.25) is 0 Å². The monoisotopic (exact) mass is 545 g/mol. The topological polar surface area (TPSA) is 89.3 Å². The predicted octanol–water partition coefficient (Wildman–Crippen LogP) is 2.84. The van der Waals surface area contributed by atoms with E-state index < -0.39 is 0 Å². The van der Waals surface area contributed by atoms with Crippen molar-refractivity contribution in [3.8, 4) is 5.75 Å². The molecule has 0 unspecified atom stereocenters. The van der Waals surface area contributed by atoms with E-state index in [2.05, 4.69) is 20.2 Å². The van der Waals surface area contributed by atoms with E-state index in [-0.39, 0.29) is 23.1 Å². The highest BCUT2D eigenvalue weighted by Crippen LogP contribution is 2.34. The van der Waals surface area contributed by atoms with Gasteiger partial charge in [0, 0.05) is 36.9 Å². The lowest BCUT2D eigenvalue weighted by molar-refractivity contribution is 0.0143. The maximum absolute atomic E-state index is 12.2. The van der Waals surface area contributed by atoms with Crippen molar-refractivity contribution in [1.82, 2.24) is 23.0 Å². The van der Waals surface area contributed by atoms with Gasteiger partial charge in [-0.2, -0.15) is 0 Å². The first-order valence-electron chi connectivity index (χ1n) is 10.6. The molecule has 1 saturated carbocycles. The van der Waals surface area contributed by atoms with E-state index in [0.29, 0.717) is 17.0 Å². The third-order valence-corrected chi connectivity index (χ3v) is 7.01. The number of ether oxygens (including phenoxy) is 1. The van der Waals surface area contributed by atoms with E-state index in [0.717, 1.165) is 49.1 Å². The quantitative estimate of drug-likeness (QED) is 0.480. The lowest BCUT2D eigenvalue weighted by atomic mass is 10.1. The zero-order chi connectivity index (χ0) is 22.5. The fraction of sp³-hybridized carbons (Fsp3) is 0.391. The second kappa shape index (κ2) is 8.11. The molecule has 4 heterocycles. The maximum atomic E-state index is 12.2. The van der Waals surface area contributed by atoms with Crippen LogP contribution in [-0.2, 0) is 6.54 Å². The minimum absolute atomic E-state index is 0.00619. The smallest absolute Gasteiger partial charge is 0.270 e. The Labute approximate surface area is 199 Å². The van der Waals surface area contributed by atoms with Crippen LogP contribution in [-0.4, -0.2) is 48.3 Å². The number of pyridine rings is 3. The third-order valence-electron chi connectivity index (χ3n) is 6.05. The number of likely N-dealkylation sites (tertiary alicyclic amines) is 1. The van der Waals surface area contributed by atoms with Crippen LogP contribution in [0, 0.1) is 6.92 Å². The Hall–Kier alpha value is -2.53. The number of carbonyl (C=O) groups excluding carboxylic acids is 1. The second-order valence-corrected chi connectivity index (χ2v) is 9.95. The number of hydrogen-bond donors (Lipinski definition) is 1. The maximum Gasteiger partial charge on any atom is 0.270 e. The van der Waals surface area contributed by atoms with Gasteiger partial charge in [0.1, 0.15) is 17.5 Å². The van der Waals surface area contributed by atoms with Gasteiger partial charge in [-0.25, -0.2) is 7.76 Å². The summed E-state index contributed by atoms with van der Waals surface area (Å²) in [5.41, 5.74) is 3.75. The summed E-state index contributed by atoms with van der Waals surface area (Å²) in [5.74, 6) is 0.531. The Kier molecular flexibility index (Phi) is 5.40. The Morgan fingerprint density at radius 2 is 2.03 bits per heavy atom. The van der Waals surface area contributed by atoms with E-state index in [1.54, 1.807) is 28.0 Å². The van der Waals surface area contributed by atoms with Crippen LogP contribution in [0.3, 0.4) is 0 Å². The number of aromatic nitrogens is 3. The first-order chi connectivity index (χ1) is 15.3. The average Bonchev–Trinajstić information content (AvgIpc) is 3.48. The molecule has 2 aliphatic rings. The standard InChI is InChI=1S/C23H24IN5O3/c1-14-7-19-20(29(24)22(14)31)8-15(9-25-19)11-28-12-17(13-28)32-16-3-4-18(26-10-16)21(30)27-23(2)5-6-23/h3-4,7-10,17H,5-6,11-13H2,1-2H3,(H,27,30). The number of nitrogens with zero attached hydrogens (tertiary/aromatic N) is 4. The van der Waals surface area contributed by atoms with Crippen molar-refractivity contribution >= 4 is 39.8 Å². The van der Waals surface area contributed by atoms with Crippen LogP contribution in [0.5, 0.6) is 5.75 Å². The van der Waals surface area contributed by atoms with Crippen LogP contribution in [0.4, 0.5) is 0 Å². The number of amides is 1. The fourth-order valence-electron chi connectivity index (χ4n) is 3.80. The van der Waals surface area contributed by atoms with Crippen molar-refractivity contribution in [1.29, 1.82) is 0 Å². The summed E-state index contributed by atoms with van der Waals surface area (Å²) in [6, 6.07) is 7.37. The fourth-order valence-corrected chi connectivity index (χ4v) is 4.57. The number of halogens is 1. The van der Waals surface area contributed by atoms with E-state index in [4.69, 9.17) is 4.74 Å².